The maximum Gasteiger partial charge on any atom is 0.240 e. The molecule has 0 spiro atoms. The molecule has 2 atom stereocenters. The summed E-state index contributed by atoms with van der Waals surface area (Å²) in [5, 5.41) is 3.37. The number of likely N-dealkylation sites (N-methyl/N-ethyl adjacent to an activating group) is 1. The molecule has 1 N–H and O–H groups in total. The standard InChI is InChI=1S/C12H25N3O/c1-9(2)8-11-13-10(3)12(16)15(11)7-6-14(4)5/h9-11,13H,6-8H2,1-5H3. The molecule has 94 valence electrons. The predicted molar refractivity (Wildman–Crippen MR) is 66.1 cm³/mol. The number of nitrogens with one attached hydrogen (secondary N) is 1. The topological polar surface area (TPSA) is 35.6 Å². The highest BCUT2D eigenvalue weighted by atomic mass is 16.2. The van der Waals surface area contributed by atoms with Gasteiger partial charge in [-0.2, -0.15) is 0 Å². The van der Waals surface area contributed by atoms with Crippen molar-refractivity contribution < 1.29 is 4.79 Å². The quantitative estimate of drug-likeness (QED) is 0.752. The van der Waals surface area contributed by atoms with Crippen LogP contribution in [0.4, 0.5) is 0 Å². The first-order chi connectivity index (χ1) is 7.41. The fraction of sp³-hybridized carbons (Fsp3) is 0.917. The van der Waals surface area contributed by atoms with Gasteiger partial charge in [-0.15, -0.1) is 0 Å². The number of amides is 1. The molecular formula is C12H25N3O. The summed E-state index contributed by atoms with van der Waals surface area (Å²) in [6.45, 7) is 8.08. The van der Waals surface area contributed by atoms with Crippen molar-refractivity contribution in [3.8, 4) is 0 Å². The summed E-state index contributed by atoms with van der Waals surface area (Å²) in [6.07, 6.45) is 1.26. The average molecular weight is 227 g/mol. The van der Waals surface area contributed by atoms with Crippen molar-refractivity contribution in [1.29, 1.82) is 0 Å². The van der Waals surface area contributed by atoms with Crippen LogP contribution in [0.1, 0.15) is 27.2 Å². The maximum atomic E-state index is 12.0. The number of carbonyl (C=O) groups excluding carboxylic acids is 1. The van der Waals surface area contributed by atoms with Gasteiger partial charge in [0.25, 0.3) is 0 Å². The van der Waals surface area contributed by atoms with Gasteiger partial charge in [0.2, 0.25) is 5.91 Å². The van der Waals surface area contributed by atoms with E-state index in [4.69, 9.17) is 0 Å². The van der Waals surface area contributed by atoms with Crippen molar-refractivity contribution in [3.63, 3.8) is 0 Å². The Balaban J connectivity index is 2.56. The summed E-state index contributed by atoms with van der Waals surface area (Å²) < 4.78 is 0. The van der Waals surface area contributed by atoms with Crippen LogP contribution in [0.15, 0.2) is 0 Å². The van der Waals surface area contributed by atoms with Crippen molar-refractivity contribution in [2.75, 3.05) is 27.2 Å². The maximum absolute atomic E-state index is 12.0. The van der Waals surface area contributed by atoms with Gasteiger partial charge in [-0.1, -0.05) is 13.8 Å². The molecule has 1 aliphatic heterocycles. The number of rotatable bonds is 5. The molecule has 0 aliphatic carbocycles. The monoisotopic (exact) mass is 227 g/mol. The Bertz CT molecular complexity index is 240. The second-order valence-corrected chi connectivity index (χ2v) is 5.37. The van der Waals surface area contributed by atoms with Gasteiger partial charge in [0.1, 0.15) is 0 Å². The lowest BCUT2D eigenvalue weighted by Crippen LogP contribution is -2.41. The molecule has 2 unspecified atom stereocenters. The molecule has 1 rings (SSSR count). The van der Waals surface area contributed by atoms with Crippen LogP contribution in [-0.4, -0.2) is 55.1 Å². The van der Waals surface area contributed by atoms with E-state index in [0.29, 0.717) is 5.92 Å². The Morgan fingerprint density at radius 3 is 2.56 bits per heavy atom. The first kappa shape index (κ1) is 13.5. The molecule has 0 aromatic carbocycles. The molecule has 1 aliphatic rings. The second-order valence-electron chi connectivity index (χ2n) is 5.37. The van der Waals surface area contributed by atoms with Gasteiger partial charge in [-0.3, -0.25) is 10.1 Å². The third-order valence-corrected chi connectivity index (χ3v) is 2.95. The summed E-state index contributed by atoms with van der Waals surface area (Å²) >= 11 is 0. The van der Waals surface area contributed by atoms with Crippen LogP contribution in [0, 0.1) is 5.92 Å². The fourth-order valence-corrected chi connectivity index (χ4v) is 2.07. The first-order valence-electron chi connectivity index (χ1n) is 6.13. The minimum Gasteiger partial charge on any atom is -0.325 e. The van der Waals surface area contributed by atoms with Crippen molar-refractivity contribution in [2.45, 2.75) is 39.4 Å². The first-order valence-corrected chi connectivity index (χ1v) is 6.13. The van der Waals surface area contributed by atoms with Gasteiger partial charge < -0.3 is 9.80 Å². The van der Waals surface area contributed by atoms with E-state index in [1.807, 2.05) is 25.9 Å². The normalized spacial score (nSPS) is 26.2. The number of hydrogen-bond donors (Lipinski definition) is 1. The smallest absolute Gasteiger partial charge is 0.240 e. The van der Waals surface area contributed by atoms with Gasteiger partial charge in [0.15, 0.2) is 0 Å². The molecular weight excluding hydrogens is 202 g/mol. The summed E-state index contributed by atoms with van der Waals surface area (Å²) in [7, 11) is 4.07. The molecule has 4 heteroatoms. The summed E-state index contributed by atoms with van der Waals surface area (Å²) in [5.74, 6) is 0.852. The van der Waals surface area contributed by atoms with Crippen molar-refractivity contribution in [1.82, 2.24) is 15.1 Å². The Morgan fingerprint density at radius 2 is 2.06 bits per heavy atom. The van der Waals surface area contributed by atoms with Gasteiger partial charge in [0.05, 0.1) is 12.2 Å². The van der Waals surface area contributed by atoms with Crippen LogP contribution < -0.4 is 5.32 Å². The van der Waals surface area contributed by atoms with E-state index in [0.717, 1.165) is 19.5 Å². The lowest BCUT2D eigenvalue weighted by Gasteiger charge is -2.26. The highest BCUT2D eigenvalue weighted by Crippen LogP contribution is 2.17. The third kappa shape index (κ3) is 3.46. The Hall–Kier alpha value is -0.610. The highest BCUT2D eigenvalue weighted by molar-refractivity contribution is 5.83. The third-order valence-electron chi connectivity index (χ3n) is 2.95. The van der Waals surface area contributed by atoms with E-state index in [1.165, 1.54) is 0 Å². The summed E-state index contributed by atoms with van der Waals surface area (Å²) in [6, 6.07) is -0.0223. The SMILES string of the molecule is CC(C)CC1NC(C)C(=O)N1CCN(C)C. The van der Waals surface area contributed by atoms with E-state index in [-0.39, 0.29) is 18.1 Å². The lowest BCUT2D eigenvalue weighted by atomic mass is 10.1. The van der Waals surface area contributed by atoms with Crippen molar-refractivity contribution in [2.24, 2.45) is 5.92 Å². The van der Waals surface area contributed by atoms with E-state index < -0.39 is 0 Å². The Labute approximate surface area is 99.0 Å². The predicted octanol–water partition coefficient (Wildman–Crippen LogP) is 0.741. The zero-order valence-electron chi connectivity index (χ0n) is 11.2. The molecule has 0 aromatic heterocycles. The van der Waals surface area contributed by atoms with Crippen LogP contribution in [0.2, 0.25) is 0 Å². The minimum absolute atomic E-state index is 0.0223. The largest absolute Gasteiger partial charge is 0.325 e. The molecule has 0 bridgehead atoms. The molecule has 0 saturated carbocycles. The lowest BCUT2D eigenvalue weighted by molar-refractivity contribution is -0.130. The molecule has 1 saturated heterocycles. The van der Waals surface area contributed by atoms with E-state index >= 15 is 0 Å². The van der Waals surface area contributed by atoms with E-state index in [1.54, 1.807) is 0 Å². The molecule has 0 radical (unpaired) electrons. The highest BCUT2D eigenvalue weighted by Gasteiger charge is 2.35. The van der Waals surface area contributed by atoms with Crippen LogP contribution >= 0.6 is 0 Å². The van der Waals surface area contributed by atoms with Gasteiger partial charge in [0, 0.05) is 13.1 Å². The zero-order chi connectivity index (χ0) is 12.3. The van der Waals surface area contributed by atoms with Crippen molar-refractivity contribution >= 4 is 5.91 Å². The number of hydrogen-bond acceptors (Lipinski definition) is 3. The van der Waals surface area contributed by atoms with Crippen LogP contribution in [0.3, 0.4) is 0 Å². The average Bonchev–Trinajstić information content (AvgIpc) is 2.39. The molecule has 1 heterocycles. The minimum atomic E-state index is -0.0223. The van der Waals surface area contributed by atoms with Crippen LogP contribution in [-0.2, 0) is 4.79 Å². The molecule has 0 aromatic rings. The second kappa shape index (κ2) is 5.64. The fourth-order valence-electron chi connectivity index (χ4n) is 2.07. The molecule has 1 fully saturated rings. The molecule has 16 heavy (non-hydrogen) atoms. The summed E-state index contributed by atoms with van der Waals surface area (Å²) in [5.41, 5.74) is 0. The summed E-state index contributed by atoms with van der Waals surface area (Å²) in [4.78, 5) is 16.1. The van der Waals surface area contributed by atoms with Gasteiger partial charge in [-0.05, 0) is 33.4 Å². The number of carbonyl (C=O) groups is 1. The van der Waals surface area contributed by atoms with Gasteiger partial charge in [-0.25, -0.2) is 0 Å². The van der Waals surface area contributed by atoms with Gasteiger partial charge >= 0.3 is 0 Å². The zero-order valence-corrected chi connectivity index (χ0v) is 11.2. The van der Waals surface area contributed by atoms with E-state index in [2.05, 4.69) is 24.1 Å². The number of nitrogens with zero attached hydrogens (tertiary/aromatic N) is 2. The van der Waals surface area contributed by atoms with Crippen LogP contribution in [0.25, 0.3) is 0 Å². The molecule has 4 nitrogen and oxygen atoms in total. The van der Waals surface area contributed by atoms with Crippen molar-refractivity contribution in [3.05, 3.63) is 0 Å². The van der Waals surface area contributed by atoms with E-state index in [9.17, 15) is 4.79 Å². The van der Waals surface area contributed by atoms with Crippen LogP contribution in [0.5, 0.6) is 0 Å². The Kier molecular flexibility index (Phi) is 4.74. The Morgan fingerprint density at radius 1 is 1.44 bits per heavy atom. The molecule has 1 amide bonds.